The molecule has 0 amide bonds. The van der Waals surface area contributed by atoms with Gasteiger partial charge in [-0.3, -0.25) is 0 Å². The van der Waals surface area contributed by atoms with Gasteiger partial charge in [0.15, 0.2) is 0 Å². The van der Waals surface area contributed by atoms with Crippen molar-refractivity contribution in [2.75, 3.05) is 0 Å². The van der Waals surface area contributed by atoms with Crippen molar-refractivity contribution in [2.24, 2.45) is 0 Å². The predicted molar refractivity (Wildman–Crippen MR) is 76.6 cm³/mol. The fourth-order valence-electron chi connectivity index (χ4n) is 2.12. The van der Waals surface area contributed by atoms with Gasteiger partial charge in [0.2, 0.25) is 0 Å². The number of nitrogens with zero attached hydrogens (tertiary/aromatic N) is 1. The highest BCUT2D eigenvalue weighted by molar-refractivity contribution is 5.45. The maximum atomic E-state index is 4.29. The fraction of sp³-hybridized carbons (Fsp3) is 0.312. The summed E-state index contributed by atoms with van der Waals surface area (Å²) in [4.78, 5) is 7.57. The van der Waals surface area contributed by atoms with Crippen LogP contribution in [-0.4, -0.2) is 9.97 Å². The first-order chi connectivity index (χ1) is 8.70. The number of nitrogens with one attached hydrogen (secondary N) is 1. The molecule has 2 heteroatoms. The Hall–Kier alpha value is -1.83. The Morgan fingerprint density at radius 2 is 1.94 bits per heavy atom. The van der Waals surface area contributed by atoms with Gasteiger partial charge in [-0.1, -0.05) is 31.2 Å². The van der Waals surface area contributed by atoms with Gasteiger partial charge in [0, 0.05) is 6.42 Å². The largest absolute Gasteiger partial charge is 0.343 e. The zero-order chi connectivity index (χ0) is 13.0. The van der Waals surface area contributed by atoms with Gasteiger partial charge in [-0.2, -0.15) is 0 Å². The van der Waals surface area contributed by atoms with E-state index in [1.165, 1.54) is 16.7 Å². The van der Waals surface area contributed by atoms with Crippen molar-refractivity contribution in [3.63, 3.8) is 0 Å². The summed E-state index contributed by atoms with van der Waals surface area (Å²) in [6, 6.07) is 6.45. The van der Waals surface area contributed by atoms with E-state index < -0.39 is 0 Å². The maximum absolute atomic E-state index is 4.29. The molecule has 0 aliphatic carbocycles. The van der Waals surface area contributed by atoms with Crippen LogP contribution in [0.3, 0.4) is 0 Å². The van der Waals surface area contributed by atoms with Crippen LogP contribution >= 0.6 is 0 Å². The lowest BCUT2D eigenvalue weighted by Crippen LogP contribution is -1.91. The quantitative estimate of drug-likeness (QED) is 0.864. The van der Waals surface area contributed by atoms with E-state index >= 15 is 0 Å². The third-order valence-corrected chi connectivity index (χ3v) is 3.25. The molecule has 0 bridgehead atoms. The standard InChI is InChI=1S/C16H20N2/c1-4-16-17-11-14(18-16)9-6-10-15-12(2)7-5-8-13(15)3/h5-9,11H,4,10H2,1-3H3,(H,17,18). The van der Waals surface area contributed by atoms with Crippen molar-refractivity contribution in [1.82, 2.24) is 9.97 Å². The average molecular weight is 240 g/mol. The molecule has 2 rings (SSSR count). The van der Waals surface area contributed by atoms with Crippen molar-refractivity contribution >= 4 is 6.08 Å². The van der Waals surface area contributed by atoms with Gasteiger partial charge in [0.05, 0.1) is 11.9 Å². The summed E-state index contributed by atoms with van der Waals surface area (Å²) in [5, 5.41) is 0. The topological polar surface area (TPSA) is 28.7 Å². The van der Waals surface area contributed by atoms with Crippen LogP contribution in [0.2, 0.25) is 0 Å². The molecule has 0 radical (unpaired) electrons. The Balaban J connectivity index is 2.07. The Kier molecular flexibility index (Phi) is 3.98. The van der Waals surface area contributed by atoms with E-state index in [4.69, 9.17) is 0 Å². The van der Waals surface area contributed by atoms with Crippen LogP contribution in [0.15, 0.2) is 30.5 Å². The number of aromatic nitrogens is 2. The second-order valence-corrected chi connectivity index (χ2v) is 4.62. The molecular formula is C16H20N2. The number of H-pyrrole nitrogens is 1. The summed E-state index contributed by atoms with van der Waals surface area (Å²) >= 11 is 0. The number of aromatic amines is 1. The summed E-state index contributed by atoms with van der Waals surface area (Å²) in [5.74, 6) is 1.04. The zero-order valence-electron chi connectivity index (χ0n) is 11.3. The lowest BCUT2D eigenvalue weighted by molar-refractivity contribution is 0.988. The first-order valence-electron chi connectivity index (χ1n) is 6.46. The van der Waals surface area contributed by atoms with E-state index in [2.05, 4.69) is 61.1 Å². The lowest BCUT2D eigenvalue weighted by Gasteiger charge is -2.06. The third kappa shape index (κ3) is 2.89. The average Bonchev–Trinajstić information content (AvgIpc) is 2.81. The number of rotatable bonds is 4. The highest BCUT2D eigenvalue weighted by Crippen LogP contribution is 2.14. The van der Waals surface area contributed by atoms with E-state index in [9.17, 15) is 0 Å². The van der Waals surface area contributed by atoms with E-state index in [1.807, 2.05) is 6.20 Å². The summed E-state index contributed by atoms with van der Waals surface area (Å²) in [6.07, 6.45) is 8.12. The van der Waals surface area contributed by atoms with Crippen molar-refractivity contribution in [2.45, 2.75) is 33.6 Å². The van der Waals surface area contributed by atoms with Gasteiger partial charge in [-0.05, 0) is 43.0 Å². The Morgan fingerprint density at radius 3 is 2.56 bits per heavy atom. The highest BCUT2D eigenvalue weighted by Gasteiger charge is 1.99. The molecular weight excluding hydrogens is 220 g/mol. The summed E-state index contributed by atoms with van der Waals surface area (Å²) in [7, 11) is 0. The van der Waals surface area contributed by atoms with E-state index in [0.717, 1.165) is 24.4 Å². The van der Waals surface area contributed by atoms with E-state index in [0.29, 0.717) is 0 Å². The van der Waals surface area contributed by atoms with Crippen LogP contribution in [0.5, 0.6) is 0 Å². The van der Waals surface area contributed by atoms with Gasteiger partial charge in [-0.25, -0.2) is 4.98 Å². The molecule has 1 aromatic heterocycles. The van der Waals surface area contributed by atoms with Gasteiger partial charge >= 0.3 is 0 Å². The molecule has 0 aliphatic rings. The molecule has 0 spiro atoms. The Labute approximate surface area is 109 Å². The number of hydrogen-bond acceptors (Lipinski definition) is 1. The van der Waals surface area contributed by atoms with Crippen molar-refractivity contribution < 1.29 is 0 Å². The van der Waals surface area contributed by atoms with Gasteiger partial charge in [0.1, 0.15) is 5.82 Å². The minimum atomic E-state index is 0.949. The number of imidazole rings is 1. The van der Waals surface area contributed by atoms with Gasteiger partial charge in [0.25, 0.3) is 0 Å². The van der Waals surface area contributed by atoms with Gasteiger partial charge < -0.3 is 4.98 Å². The summed E-state index contributed by atoms with van der Waals surface area (Å²) < 4.78 is 0. The van der Waals surface area contributed by atoms with Crippen LogP contribution in [-0.2, 0) is 12.8 Å². The van der Waals surface area contributed by atoms with E-state index in [-0.39, 0.29) is 0 Å². The first kappa shape index (κ1) is 12.6. The number of allylic oxidation sites excluding steroid dienone is 1. The molecule has 94 valence electrons. The van der Waals surface area contributed by atoms with Crippen molar-refractivity contribution in [3.05, 3.63) is 58.7 Å². The minimum absolute atomic E-state index is 0.949. The van der Waals surface area contributed by atoms with Crippen molar-refractivity contribution in [1.29, 1.82) is 0 Å². The van der Waals surface area contributed by atoms with Crippen LogP contribution in [0.25, 0.3) is 6.08 Å². The molecule has 1 N–H and O–H groups in total. The second-order valence-electron chi connectivity index (χ2n) is 4.62. The Morgan fingerprint density at radius 1 is 1.22 bits per heavy atom. The predicted octanol–water partition coefficient (Wildman–Crippen LogP) is 3.84. The second kappa shape index (κ2) is 5.67. The lowest BCUT2D eigenvalue weighted by atomic mass is 10.00. The monoisotopic (exact) mass is 240 g/mol. The molecule has 0 atom stereocenters. The van der Waals surface area contributed by atoms with Crippen LogP contribution < -0.4 is 0 Å². The molecule has 2 aromatic rings. The molecule has 18 heavy (non-hydrogen) atoms. The molecule has 0 unspecified atom stereocenters. The molecule has 1 aromatic carbocycles. The Bertz CT molecular complexity index is 530. The first-order valence-corrected chi connectivity index (χ1v) is 6.46. The SMILES string of the molecule is CCc1ncc(C=CCc2c(C)cccc2C)[nH]1. The minimum Gasteiger partial charge on any atom is -0.343 e. The normalized spacial score (nSPS) is 11.3. The molecule has 0 fully saturated rings. The number of hydrogen-bond donors (Lipinski definition) is 1. The molecule has 0 saturated heterocycles. The van der Waals surface area contributed by atoms with Crippen LogP contribution in [0, 0.1) is 13.8 Å². The van der Waals surface area contributed by atoms with E-state index in [1.54, 1.807) is 0 Å². The molecule has 0 saturated carbocycles. The number of benzene rings is 1. The third-order valence-electron chi connectivity index (χ3n) is 3.25. The molecule has 0 aliphatic heterocycles. The highest BCUT2D eigenvalue weighted by atomic mass is 14.9. The van der Waals surface area contributed by atoms with Crippen LogP contribution in [0.1, 0.15) is 35.1 Å². The summed E-state index contributed by atoms with van der Waals surface area (Å²) in [5.41, 5.74) is 5.22. The number of aryl methyl sites for hydroxylation is 3. The zero-order valence-corrected chi connectivity index (χ0v) is 11.3. The molecule has 1 heterocycles. The van der Waals surface area contributed by atoms with Crippen molar-refractivity contribution in [3.8, 4) is 0 Å². The van der Waals surface area contributed by atoms with Gasteiger partial charge in [-0.15, -0.1) is 0 Å². The smallest absolute Gasteiger partial charge is 0.106 e. The van der Waals surface area contributed by atoms with Crippen LogP contribution in [0.4, 0.5) is 0 Å². The fourth-order valence-corrected chi connectivity index (χ4v) is 2.12. The summed E-state index contributed by atoms with van der Waals surface area (Å²) in [6.45, 7) is 6.44. The molecule has 2 nitrogen and oxygen atoms in total. The maximum Gasteiger partial charge on any atom is 0.106 e.